The molecule has 1 aliphatic rings. The molecule has 1 aromatic carbocycles. The van der Waals surface area contributed by atoms with Crippen LogP contribution in [0.15, 0.2) is 36.7 Å². The van der Waals surface area contributed by atoms with Crippen molar-refractivity contribution in [3.05, 3.63) is 53.9 Å². The number of hydrogen-bond donors (Lipinski definition) is 1. The van der Waals surface area contributed by atoms with Crippen molar-refractivity contribution in [3.8, 4) is 0 Å². The van der Waals surface area contributed by atoms with Gasteiger partial charge in [-0.05, 0) is 30.7 Å². The van der Waals surface area contributed by atoms with E-state index in [0.717, 1.165) is 18.2 Å². The molecule has 2 aromatic rings. The zero-order valence-corrected chi connectivity index (χ0v) is 11.7. The van der Waals surface area contributed by atoms with Gasteiger partial charge in [0, 0.05) is 24.5 Å². The zero-order valence-electron chi connectivity index (χ0n) is 11.7. The summed E-state index contributed by atoms with van der Waals surface area (Å²) in [5.74, 6) is -1.46. The largest absolute Gasteiger partial charge is 0.391 e. The lowest BCUT2D eigenvalue weighted by atomic mass is 10.0. The number of aliphatic hydroxyl groups is 1. The molecule has 0 bridgehead atoms. The number of nitrogens with zero attached hydrogens (tertiary/aromatic N) is 3. The number of halogens is 2. The third kappa shape index (κ3) is 2.85. The highest BCUT2D eigenvalue weighted by Crippen LogP contribution is 2.34. The van der Waals surface area contributed by atoms with Gasteiger partial charge in [-0.15, -0.1) is 0 Å². The summed E-state index contributed by atoms with van der Waals surface area (Å²) in [6, 6.07) is 4.15. The molecule has 0 saturated carbocycles. The van der Waals surface area contributed by atoms with Crippen LogP contribution in [-0.2, 0) is 11.3 Å². The average molecular weight is 307 g/mol. The first kappa shape index (κ1) is 14.6. The predicted molar refractivity (Wildman–Crippen MR) is 73.7 cm³/mol. The lowest BCUT2D eigenvalue weighted by molar-refractivity contribution is -0.133. The molecule has 3 rings (SSSR count). The minimum Gasteiger partial charge on any atom is -0.391 e. The number of likely N-dealkylation sites (tertiary alicyclic amines) is 1. The molecule has 2 heterocycles. The predicted octanol–water partition coefficient (Wildman–Crippen LogP) is 1.50. The van der Waals surface area contributed by atoms with E-state index in [-0.39, 0.29) is 31.0 Å². The van der Waals surface area contributed by atoms with Gasteiger partial charge in [-0.3, -0.25) is 9.48 Å². The lowest BCUT2D eigenvalue weighted by Gasteiger charge is -2.25. The van der Waals surface area contributed by atoms with Crippen molar-refractivity contribution < 1.29 is 18.7 Å². The Morgan fingerprint density at radius 2 is 2.23 bits per heavy atom. The first-order valence-electron chi connectivity index (χ1n) is 6.94. The monoisotopic (exact) mass is 307 g/mol. The van der Waals surface area contributed by atoms with Gasteiger partial charge in [-0.25, -0.2) is 8.78 Å². The number of hydrogen-bond acceptors (Lipinski definition) is 3. The van der Waals surface area contributed by atoms with Crippen LogP contribution in [-0.4, -0.2) is 38.3 Å². The Balaban J connectivity index is 1.85. The van der Waals surface area contributed by atoms with E-state index in [2.05, 4.69) is 5.10 Å². The van der Waals surface area contributed by atoms with Crippen LogP contribution in [0.3, 0.4) is 0 Å². The number of rotatable bonds is 3. The molecule has 0 aliphatic carbocycles. The Kier molecular flexibility index (Phi) is 3.89. The van der Waals surface area contributed by atoms with E-state index in [1.807, 2.05) is 0 Å². The van der Waals surface area contributed by atoms with E-state index in [1.54, 1.807) is 18.5 Å². The highest BCUT2D eigenvalue weighted by molar-refractivity contribution is 5.77. The molecule has 0 spiro atoms. The first-order chi connectivity index (χ1) is 10.5. The average Bonchev–Trinajstić information content (AvgIpc) is 3.11. The maximum absolute atomic E-state index is 14.0. The van der Waals surface area contributed by atoms with Gasteiger partial charge in [0.2, 0.25) is 5.91 Å². The van der Waals surface area contributed by atoms with Crippen molar-refractivity contribution in [2.24, 2.45) is 0 Å². The molecule has 7 heteroatoms. The van der Waals surface area contributed by atoms with E-state index in [9.17, 15) is 18.7 Å². The smallest absolute Gasteiger partial charge is 0.244 e. The number of carbonyl (C=O) groups excluding carboxylic acids is 1. The first-order valence-corrected chi connectivity index (χ1v) is 6.94. The van der Waals surface area contributed by atoms with E-state index < -0.39 is 23.8 Å². The third-order valence-electron chi connectivity index (χ3n) is 3.77. The molecule has 1 fully saturated rings. The number of carbonyl (C=O) groups is 1. The van der Waals surface area contributed by atoms with E-state index in [4.69, 9.17) is 0 Å². The fraction of sp³-hybridized carbons (Fsp3) is 0.333. The van der Waals surface area contributed by atoms with Gasteiger partial charge in [0.15, 0.2) is 0 Å². The van der Waals surface area contributed by atoms with Gasteiger partial charge in [-0.2, -0.15) is 5.10 Å². The van der Waals surface area contributed by atoms with Crippen molar-refractivity contribution in [1.82, 2.24) is 14.7 Å². The van der Waals surface area contributed by atoms with Gasteiger partial charge >= 0.3 is 0 Å². The van der Waals surface area contributed by atoms with Crippen molar-refractivity contribution in [1.29, 1.82) is 0 Å². The summed E-state index contributed by atoms with van der Waals surface area (Å²) in [6.07, 6.45) is 2.62. The highest BCUT2D eigenvalue weighted by atomic mass is 19.1. The van der Waals surface area contributed by atoms with Gasteiger partial charge in [0.1, 0.15) is 18.2 Å². The van der Waals surface area contributed by atoms with Crippen LogP contribution in [0.5, 0.6) is 0 Å². The minimum atomic E-state index is -0.755. The van der Waals surface area contributed by atoms with E-state index in [1.165, 1.54) is 9.58 Å². The molecule has 1 aliphatic heterocycles. The fourth-order valence-corrected chi connectivity index (χ4v) is 2.78. The molecule has 116 valence electrons. The molecule has 1 aromatic heterocycles. The normalized spacial score (nSPS) is 21.3. The van der Waals surface area contributed by atoms with Crippen LogP contribution in [0.4, 0.5) is 8.78 Å². The third-order valence-corrected chi connectivity index (χ3v) is 3.77. The molecular formula is C15H15F2N3O2. The summed E-state index contributed by atoms with van der Waals surface area (Å²) in [5, 5.41) is 13.8. The van der Waals surface area contributed by atoms with Gasteiger partial charge < -0.3 is 10.0 Å². The topological polar surface area (TPSA) is 58.4 Å². The Morgan fingerprint density at radius 1 is 1.41 bits per heavy atom. The van der Waals surface area contributed by atoms with Gasteiger partial charge in [0.25, 0.3) is 0 Å². The number of β-amino-alcohol motifs (C(OH)–C–C–N with tert-alkyl or cyclic N) is 1. The standard InChI is InChI=1S/C15H15F2N3O2/c16-10-2-3-13(17)12(6-10)14-7-11(21)8-20(14)15(22)9-19-5-1-4-18-19/h1-6,11,14,21H,7-9H2/t11-,14+/m1/s1. The van der Waals surface area contributed by atoms with Crippen molar-refractivity contribution >= 4 is 5.91 Å². The van der Waals surface area contributed by atoms with Crippen LogP contribution in [0.2, 0.25) is 0 Å². The van der Waals surface area contributed by atoms with Crippen molar-refractivity contribution in [2.45, 2.75) is 25.1 Å². The van der Waals surface area contributed by atoms with E-state index >= 15 is 0 Å². The molecule has 1 N–H and O–H groups in total. The van der Waals surface area contributed by atoms with Crippen LogP contribution in [0.1, 0.15) is 18.0 Å². The number of benzene rings is 1. The molecular weight excluding hydrogens is 292 g/mol. The summed E-state index contributed by atoms with van der Waals surface area (Å²) in [4.78, 5) is 13.8. The van der Waals surface area contributed by atoms with Crippen LogP contribution in [0, 0.1) is 11.6 Å². The quantitative estimate of drug-likeness (QED) is 0.935. The Morgan fingerprint density at radius 3 is 2.95 bits per heavy atom. The lowest BCUT2D eigenvalue weighted by Crippen LogP contribution is -2.34. The molecule has 22 heavy (non-hydrogen) atoms. The van der Waals surface area contributed by atoms with Crippen LogP contribution in [0.25, 0.3) is 0 Å². The maximum atomic E-state index is 14.0. The number of amides is 1. The highest BCUT2D eigenvalue weighted by Gasteiger charge is 2.36. The van der Waals surface area contributed by atoms with Gasteiger partial charge in [-0.1, -0.05) is 0 Å². The zero-order chi connectivity index (χ0) is 15.7. The van der Waals surface area contributed by atoms with Crippen molar-refractivity contribution in [3.63, 3.8) is 0 Å². The van der Waals surface area contributed by atoms with Gasteiger partial charge in [0.05, 0.1) is 12.1 Å². The maximum Gasteiger partial charge on any atom is 0.244 e. The fourth-order valence-electron chi connectivity index (χ4n) is 2.78. The molecule has 5 nitrogen and oxygen atoms in total. The second kappa shape index (κ2) is 5.84. The van der Waals surface area contributed by atoms with Crippen molar-refractivity contribution in [2.75, 3.05) is 6.54 Å². The molecule has 2 atom stereocenters. The summed E-state index contributed by atoms with van der Waals surface area (Å²) < 4.78 is 28.8. The SMILES string of the molecule is O=C(Cn1cccn1)N1C[C@H](O)C[C@H]1c1cc(F)ccc1F. The molecule has 0 radical (unpaired) electrons. The molecule has 1 saturated heterocycles. The number of aromatic nitrogens is 2. The second-order valence-corrected chi connectivity index (χ2v) is 5.32. The molecule has 1 amide bonds. The summed E-state index contributed by atoms with van der Waals surface area (Å²) in [7, 11) is 0. The Hall–Kier alpha value is -2.28. The van der Waals surface area contributed by atoms with Crippen LogP contribution >= 0.6 is 0 Å². The van der Waals surface area contributed by atoms with Crippen LogP contribution < -0.4 is 0 Å². The minimum absolute atomic E-state index is 0.00679. The van der Waals surface area contributed by atoms with E-state index in [0.29, 0.717) is 0 Å². The Bertz CT molecular complexity index is 675. The number of aliphatic hydroxyl groups excluding tert-OH is 1. The molecule has 0 unspecified atom stereocenters. The second-order valence-electron chi connectivity index (χ2n) is 5.32. The summed E-state index contributed by atoms with van der Waals surface area (Å²) >= 11 is 0. The Labute approximate surface area is 125 Å². The summed E-state index contributed by atoms with van der Waals surface area (Å²) in [5.41, 5.74) is 0.0883. The summed E-state index contributed by atoms with van der Waals surface area (Å²) in [6.45, 7) is 0.0911.